The molecular formula is C20H18ClNO5. The van der Waals surface area contributed by atoms with Crippen LogP contribution in [0.2, 0.25) is 5.02 Å². The highest BCUT2D eigenvalue weighted by molar-refractivity contribution is 6.32. The molecule has 3 rings (SSSR count). The molecule has 0 bridgehead atoms. The largest absolute Gasteiger partial charge is 0.466 e. The van der Waals surface area contributed by atoms with Gasteiger partial charge < -0.3 is 9.15 Å². The Hall–Kier alpha value is -2.86. The SMILES string of the molecule is CCOC(=O)CCCn1c(=O)oc2c(C(=O)c3ccccc3)cc(Cl)cc21. The van der Waals surface area contributed by atoms with E-state index in [1.54, 1.807) is 37.3 Å². The molecule has 7 heteroatoms. The number of fused-ring (bicyclic) bond motifs is 1. The fourth-order valence-electron chi connectivity index (χ4n) is 2.87. The minimum atomic E-state index is -0.599. The van der Waals surface area contributed by atoms with Gasteiger partial charge in [0.1, 0.15) is 0 Å². The van der Waals surface area contributed by atoms with Crippen LogP contribution in [0, 0.1) is 0 Å². The number of carbonyl (C=O) groups is 2. The van der Waals surface area contributed by atoms with Crippen LogP contribution in [-0.2, 0) is 16.1 Å². The van der Waals surface area contributed by atoms with E-state index in [1.807, 2.05) is 6.07 Å². The third kappa shape index (κ3) is 4.11. The fourth-order valence-corrected chi connectivity index (χ4v) is 3.08. The van der Waals surface area contributed by atoms with Gasteiger partial charge in [-0.05, 0) is 25.5 Å². The Morgan fingerprint density at radius 1 is 1.19 bits per heavy atom. The summed E-state index contributed by atoms with van der Waals surface area (Å²) < 4.78 is 11.6. The normalized spacial score (nSPS) is 10.9. The van der Waals surface area contributed by atoms with Crippen LogP contribution < -0.4 is 5.76 Å². The second-order valence-corrected chi connectivity index (χ2v) is 6.36. The van der Waals surface area contributed by atoms with Crippen molar-refractivity contribution >= 4 is 34.5 Å². The van der Waals surface area contributed by atoms with Gasteiger partial charge in [0.15, 0.2) is 11.4 Å². The summed E-state index contributed by atoms with van der Waals surface area (Å²) in [7, 11) is 0. The molecule has 1 heterocycles. The molecule has 6 nitrogen and oxygen atoms in total. The van der Waals surface area contributed by atoms with Crippen molar-refractivity contribution in [3.63, 3.8) is 0 Å². The number of ether oxygens (including phenoxy) is 1. The summed E-state index contributed by atoms with van der Waals surface area (Å²) in [6, 6.07) is 11.8. The monoisotopic (exact) mass is 387 g/mol. The van der Waals surface area contributed by atoms with Crippen molar-refractivity contribution in [1.29, 1.82) is 0 Å². The van der Waals surface area contributed by atoms with Crippen molar-refractivity contribution in [2.75, 3.05) is 6.61 Å². The van der Waals surface area contributed by atoms with Crippen molar-refractivity contribution in [2.24, 2.45) is 0 Å². The van der Waals surface area contributed by atoms with Crippen LogP contribution in [0.4, 0.5) is 0 Å². The number of carbonyl (C=O) groups excluding carboxylic acids is 2. The first kappa shape index (κ1) is 18.9. The van der Waals surface area contributed by atoms with Crippen molar-refractivity contribution in [3.05, 3.63) is 69.2 Å². The van der Waals surface area contributed by atoms with Crippen molar-refractivity contribution in [3.8, 4) is 0 Å². The predicted octanol–water partition coefficient (Wildman–Crippen LogP) is 3.82. The molecule has 0 aliphatic rings. The van der Waals surface area contributed by atoms with Crippen LogP contribution >= 0.6 is 11.6 Å². The summed E-state index contributed by atoms with van der Waals surface area (Å²) in [4.78, 5) is 36.6. The lowest BCUT2D eigenvalue weighted by atomic mass is 10.0. The molecule has 0 fully saturated rings. The molecule has 27 heavy (non-hydrogen) atoms. The number of halogens is 1. The maximum Gasteiger partial charge on any atom is 0.419 e. The maximum atomic E-state index is 12.8. The lowest BCUT2D eigenvalue weighted by Crippen LogP contribution is -2.15. The molecule has 0 amide bonds. The van der Waals surface area contributed by atoms with E-state index in [0.717, 1.165) is 0 Å². The Morgan fingerprint density at radius 2 is 1.93 bits per heavy atom. The van der Waals surface area contributed by atoms with Gasteiger partial charge in [-0.25, -0.2) is 4.79 Å². The molecule has 0 aliphatic carbocycles. The Kier molecular flexibility index (Phi) is 5.76. The molecule has 0 radical (unpaired) electrons. The lowest BCUT2D eigenvalue weighted by molar-refractivity contribution is -0.143. The van der Waals surface area contributed by atoms with Crippen LogP contribution in [0.1, 0.15) is 35.7 Å². The van der Waals surface area contributed by atoms with Gasteiger partial charge in [0.05, 0.1) is 17.7 Å². The average Bonchev–Trinajstić information content (AvgIpc) is 2.97. The van der Waals surface area contributed by atoms with E-state index in [0.29, 0.717) is 29.1 Å². The maximum absolute atomic E-state index is 12.8. The van der Waals surface area contributed by atoms with Gasteiger partial charge >= 0.3 is 11.7 Å². The molecule has 2 aromatic carbocycles. The number of benzene rings is 2. The molecule has 0 aliphatic heterocycles. The van der Waals surface area contributed by atoms with E-state index < -0.39 is 5.76 Å². The molecular weight excluding hydrogens is 370 g/mol. The summed E-state index contributed by atoms with van der Waals surface area (Å²) in [5.41, 5.74) is 1.31. The Bertz CT molecular complexity index is 1040. The number of hydrogen-bond acceptors (Lipinski definition) is 5. The molecule has 0 N–H and O–H groups in total. The third-order valence-electron chi connectivity index (χ3n) is 4.08. The Balaban J connectivity index is 1.95. The van der Waals surface area contributed by atoms with E-state index in [-0.39, 0.29) is 35.9 Å². The van der Waals surface area contributed by atoms with Gasteiger partial charge in [-0.3, -0.25) is 14.2 Å². The highest BCUT2D eigenvalue weighted by Crippen LogP contribution is 2.26. The highest BCUT2D eigenvalue weighted by Gasteiger charge is 2.20. The van der Waals surface area contributed by atoms with Gasteiger partial charge in [0.2, 0.25) is 0 Å². The molecule has 0 atom stereocenters. The van der Waals surface area contributed by atoms with E-state index >= 15 is 0 Å². The van der Waals surface area contributed by atoms with E-state index in [2.05, 4.69) is 0 Å². The molecule has 0 spiro atoms. The first-order valence-electron chi connectivity index (χ1n) is 8.59. The zero-order valence-corrected chi connectivity index (χ0v) is 15.5. The summed E-state index contributed by atoms with van der Waals surface area (Å²) in [6.45, 7) is 2.30. The minimum absolute atomic E-state index is 0.184. The van der Waals surface area contributed by atoms with Crippen LogP contribution in [-0.4, -0.2) is 22.9 Å². The van der Waals surface area contributed by atoms with Crippen molar-refractivity contribution < 1.29 is 18.7 Å². The number of oxazole rings is 1. The van der Waals surface area contributed by atoms with E-state index in [9.17, 15) is 14.4 Å². The topological polar surface area (TPSA) is 78.5 Å². The second-order valence-electron chi connectivity index (χ2n) is 5.92. The number of hydrogen-bond donors (Lipinski definition) is 0. The van der Waals surface area contributed by atoms with Crippen LogP contribution in [0.5, 0.6) is 0 Å². The van der Waals surface area contributed by atoms with Crippen molar-refractivity contribution in [1.82, 2.24) is 4.57 Å². The molecule has 0 saturated heterocycles. The number of rotatable bonds is 7. The van der Waals surface area contributed by atoms with Crippen LogP contribution in [0.25, 0.3) is 11.1 Å². The lowest BCUT2D eigenvalue weighted by Gasteiger charge is -2.05. The highest BCUT2D eigenvalue weighted by atomic mass is 35.5. The molecule has 140 valence electrons. The van der Waals surface area contributed by atoms with Crippen LogP contribution in [0.3, 0.4) is 0 Å². The number of esters is 1. The summed E-state index contributed by atoms with van der Waals surface area (Å²) in [5.74, 6) is -1.20. The third-order valence-corrected chi connectivity index (χ3v) is 4.30. The number of aromatic nitrogens is 1. The molecule has 1 aromatic heterocycles. The van der Waals surface area contributed by atoms with E-state index in [1.165, 1.54) is 10.6 Å². The number of aryl methyl sites for hydroxylation is 1. The fraction of sp³-hybridized carbons (Fsp3) is 0.250. The Labute approximate surface area is 160 Å². The van der Waals surface area contributed by atoms with Crippen molar-refractivity contribution in [2.45, 2.75) is 26.3 Å². The average molecular weight is 388 g/mol. The van der Waals surface area contributed by atoms with E-state index in [4.69, 9.17) is 20.8 Å². The van der Waals surface area contributed by atoms with Gasteiger partial charge in [0, 0.05) is 23.6 Å². The predicted molar refractivity (Wildman–Crippen MR) is 101 cm³/mol. The molecule has 0 unspecified atom stereocenters. The first-order valence-corrected chi connectivity index (χ1v) is 8.97. The summed E-state index contributed by atoms with van der Waals surface area (Å²) >= 11 is 6.18. The smallest absolute Gasteiger partial charge is 0.419 e. The van der Waals surface area contributed by atoms with Gasteiger partial charge in [-0.1, -0.05) is 41.9 Å². The Morgan fingerprint density at radius 3 is 2.63 bits per heavy atom. The second kappa shape index (κ2) is 8.22. The van der Waals surface area contributed by atoms with Gasteiger partial charge in [0.25, 0.3) is 0 Å². The van der Waals surface area contributed by atoms with Gasteiger partial charge in [-0.2, -0.15) is 0 Å². The zero-order chi connectivity index (χ0) is 19.4. The molecule has 3 aromatic rings. The first-order chi connectivity index (χ1) is 13.0. The minimum Gasteiger partial charge on any atom is -0.466 e. The number of ketones is 1. The molecule has 0 saturated carbocycles. The summed E-state index contributed by atoms with van der Waals surface area (Å²) in [5, 5.41) is 0.321. The van der Waals surface area contributed by atoms with Crippen LogP contribution in [0.15, 0.2) is 51.7 Å². The summed E-state index contributed by atoms with van der Waals surface area (Å²) in [6.07, 6.45) is 0.588. The number of nitrogens with zero attached hydrogens (tertiary/aromatic N) is 1. The zero-order valence-electron chi connectivity index (χ0n) is 14.7. The quantitative estimate of drug-likeness (QED) is 0.455. The van der Waals surface area contributed by atoms with Gasteiger partial charge in [-0.15, -0.1) is 0 Å². The standard InChI is InChI=1S/C20H18ClNO5/c1-2-26-17(23)9-6-10-22-16-12-14(21)11-15(19(16)27-20(22)25)18(24)13-7-4-3-5-8-13/h3-5,7-8,11-12H,2,6,9-10H2,1H3.